The Morgan fingerprint density at radius 1 is 1.31 bits per heavy atom. The number of hydrogen-bond donors (Lipinski definition) is 2. The zero-order valence-electron chi connectivity index (χ0n) is 17.5. The van der Waals surface area contributed by atoms with Gasteiger partial charge in [0.1, 0.15) is 9.84 Å². The summed E-state index contributed by atoms with van der Waals surface area (Å²) in [6.07, 6.45) is 5.58. The van der Waals surface area contributed by atoms with Gasteiger partial charge >= 0.3 is 0 Å². The maximum atomic E-state index is 11.4. The number of piperidine rings is 1. The van der Waals surface area contributed by atoms with Crippen LogP contribution in [0.3, 0.4) is 0 Å². The van der Waals surface area contributed by atoms with Crippen molar-refractivity contribution in [2.24, 2.45) is 4.99 Å². The molecule has 162 valence electrons. The van der Waals surface area contributed by atoms with E-state index in [9.17, 15) is 8.42 Å². The van der Waals surface area contributed by atoms with E-state index in [2.05, 4.69) is 34.6 Å². The Balaban J connectivity index is 1.53. The van der Waals surface area contributed by atoms with Crippen LogP contribution in [0.4, 0.5) is 0 Å². The lowest BCUT2D eigenvalue weighted by Gasteiger charge is -2.33. The number of halogens is 1. The molecule has 2 fully saturated rings. The minimum absolute atomic E-state index is 0.127. The van der Waals surface area contributed by atoms with E-state index in [-0.39, 0.29) is 11.2 Å². The first-order chi connectivity index (χ1) is 13.8. The summed E-state index contributed by atoms with van der Waals surface area (Å²) in [5.41, 5.74) is 1.41. The van der Waals surface area contributed by atoms with Gasteiger partial charge < -0.3 is 15.5 Å². The van der Waals surface area contributed by atoms with E-state index in [1.165, 1.54) is 11.8 Å². The maximum absolute atomic E-state index is 11.4. The van der Waals surface area contributed by atoms with Gasteiger partial charge in [0, 0.05) is 48.9 Å². The van der Waals surface area contributed by atoms with Crippen LogP contribution in [-0.4, -0.2) is 70.1 Å². The molecule has 3 rings (SSSR count). The summed E-state index contributed by atoms with van der Waals surface area (Å²) in [6.45, 7) is 6.12. The topological polar surface area (TPSA) is 73.8 Å². The Morgan fingerprint density at radius 2 is 2.03 bits per heavy atom. The highest BCUT2D eigenvalue weighted by Crippen LogP contribution is 2.48. The summed E-state index contributed by atoms with van der Waals surface area (Å²) in [5, 5.41) is 7.73. The minimum atomic E-state index is -2.90. The van der Waals surface area contributed by atoms with Gasteiger partial charge in [-0.1, -0.05) is 23.7 Å². The lowest BCUT2D eigenvalue weighted by Crippen LogP contribution is -2.49. The first-order valence-corrected chi connectivity index (χ1v) is 12.9. The fraction of sp³-hybridized carbons (Fsp3) is 0.667. The van der Waals surface area contributed by atoms with Crippen molar-refractivity contribution in [1.82, 2.24) is 15.5 Å². The molecule has 0 unspecified atom stereocenters. The van der Waals surface area contributed by atoms with Crippen molar-refractivity contribution >= 4 is 27.4 Å². The molecule has 29 heavy (non-hydrogen) atoms. The van der Waals surface area contributed by atoms with Crippen molar-refractivity contribution in [2.45, 2.75) is 44.1 Å². The molecular weight excluding hydrogens is 408 g/mol. The fourth-order valence-electron chi connectivity index (χ4n) is 3.85. The molecule has 2 N–H and O–H groups in total. The van der Waals surface area contributed by atoms with Crippen molar-refractivity contribution in [3.63, 3.8) is 0 Å². The Kier molecular flexibility index (Phi) is 7.46. The maximum Gasteiger partial charge on any atom is 0.191 e. The summed E-state index contributed by atoms with van der Waals surface area (Å²) in [4.78, 5) is 7.13. The predicted octanol–water partition coefficient (Wildman–Crippen LogP) is 2.44. The molecule has 1 heterocycles. The summed E-state index contributed by atoms with van der Waals surface area (Å²) >= 11 is 6.18. The summed E-state index contributed by atoms with van der Waals surface area (Å²) in [5.74, 6) is 1.11. The lowest BCUT2D eigenvalue weighted by atomic mass is 9.96. The summed E-state index contributed by atoms with van der Waals surface area (Å²) < 4.78 is 22.7. The molecule has 0 radical (unpaired) electrons. The van der Waals surface area contributed by atoms with Gasteiger partial charge in [-0.25, -0.2) is 8.42 Å². The number of rotatable bonds is 8. The minimum Gasteiger partial charge on any atom is -0.357 e. The van der Waals surface area contributed by atoms with Crippen LogP contribution in [0.25, 0.3) is 0 Å². The van der Waals surface area contributed by atoms with E-state index < -0.39 is 9.84 Å². The molecule has 6 nitrogen and oxygen atoms in total. The predicted molar refractivity (Wildman–Crippen MR) is 121 cm³/mol. The highest BCUT2D eigenvalue weighted by atomic mass is 35.5. The number of nitrogens with zero attached hydrogens (tertiary/aromatic N) is 2. The second-order valence-corrected chi connectivity index (χ2v) is 11.1. The summed E-state index contributed by atoms with van der Waals surface area (Å²) in [7, 11) is -2.90. The van der Waals surface area contributed by atoms with Crippen LogP contribution in [0.2, 0.25) is 5.02 Å². The van der Waals surface area contributed by atoms with Gasteiger partial charge in [0.25, 0.3) is 0 Å². The number of guanidine groups is 1. The van der Waals surface area contributed by atoms with Crippen LogP contribution in [-0.2, 0) is 15.3 Å². The molecule has 0 bridgehead atoms. The third-order valence-electron chi connectivity index (χ3n) is 5.88. The van der Waals surface area contributed by atoms with Crippen LogP contribution in [0.15, 0.2) is 29.3 Å². The van der Waals surface area contributed by atoms with E-state index in [4.69, 9.17) is 16.6 Å². The third-order valence-corrected chi connectivity index (χ3v) is 7.04. The van der Waals surface area contributed by atoms with Crippen molar-refractivity contribution in [3.8, 4) is 0 Å². The second kappa shape index (κ2) is 9.67. The van der Waals surface area contributed by atoms with Gasteiger partial charge in [-0.3, -0.25) is 4.99 Å². The molecule has 0 spiro atoms. The normalized spacial score (nSPS) is 20.4. The average Bonchev–Trinajstić information content (AvgIpc) is 3.46. The number of benzene rings is 1. The van der Waals surface area contributed by atoms with Crippen molar-refractivity contribution < 1.29 is 8.42 Å². The van der Waals surface area contributed by atoms with Gasteiger partial charge in [-0.2, -0.15) is 0 Å². The number of likely N-dealkylation sites (tertiary alicyclic amines) is 1. The molecule has 1 saturated heterocycles. The first-order valence-electron chi connectivity index (χ1n) is 10.5. The molecule has 1 aliphatic heterocycles. The molecule has 0 aromatic heterocycles. The monoisotopic (exact) mass is 440 g/mol. The van der Waals surface area contributed by atoms with Gasteiger partial charge in [0.15, 0.2) is 5.96 Å². The van der Waals surface area contributed by atoms with Crippen LogP contribution in [0, 0.1) is 0 Å². The van der Waals surface area contributed by atoms with Gasteiger partial charge in [0.05, 0.1) is 12.3 Å². The molecule has 1 aliphatic carbocycles. The first kappa shape index (κ1) is 22.4. The zero-order valence-corrected chi connectivity index (χ0v) is 19.0. The molecule has 0 amide bonds. The fourth-order valence-corrected chi connectivity index (χ4v) is 4.63. The van der Waals surface area contributed by atoms with Crippen molar-refractivity contribution in [1.29, 1.82) is 0 Å². The van der Waals surface area contributed by atoms with E-state index >= 15 is 0 Å². The number of aliphatic imine (C=N–C) groups is 1. The largest absolute Gasteiger partial charge is 0.357 e. The highest BCUT2D eigenvalue weighted by molar-refractivity contribution is 7.90. The third kappa shape index (κ3) is 6.86. The van der Waals surface area contributed by atoms with E-state index in [1.54, 1.807) is 0 Å². The van der Waals surface area contributed by atoms with E-state index in [1.807, 2.05) is 12.1 Å². The number of hydrogen-bond acceptors (Lipinski definition) is 4. The van der Waals surface area contributed by atoms with Crippen molar-refractivity contribution in [2.75, 3.05) is 44.7 Å². The molecule has 1 aromatic rings. The van der Waals surface area contributed by atoms with Gasteiger partial charge in [-0.05, 0) is 50.3 Å². The molecule has 1 aromatic carbocycles. The molecular formula is C21H33ClN4O2S. The molecule has 8 heteroatoms. The Morgan fingerprint density at radius 3 is 2.62 bits per heavy atom. The standard InChI is InChI=1S/C21H33ClN4O2S/c1-3-23-20(24-16-21(9-10-21)17-5-4-6-18(22)15-17)25-19-7-11-26(12-8-19)13-14-29(2,27)28/h4-6,15,19H,3,7-14,16H2,1-2H3,(H2,23,24,25). The zero-order chi connectivity index (χ0) is 20.9. The van der Waals surface area contributed by atoms with Crippen LogP contribution >= 0.6 is 11.6 Å². The molecule has 1 saturated carbocycles. The Hall–Kier alpha value is -1.31. The van der Waals surface area contributed by atoms with Crippen LogP contribution < -0.4 is 10.6 Å². The number of nitrogens with one attached hydrogen (secondary N) is 2. The Bertz CT molecular complexity index is 816. The lowest BCUT2D eigenvalue weighted by molar-refractivity contribution is 0.216. The average molecular weight is 441 g/mol. The quantitative estimate of drug-likeness (QED) is 0.479. The van der Waals surface area contributed by atoms with Crippen LogP contribution in [0.1, 0.15) is 38.2 Å². The van der Waals surface area contributed by atoms with E-state index in [0.29, 0.717) is 12.6 Å². The smallest absolute Gasteiger partial charge is 0.191 e. The number of sulfone groups is 1. The Labute approximate surface area is 180 Å². The van der Waals surface area contributed by atoms with Gasteiger partial charge in [-0.15, -0.1) is 0 Å². The van der Waals surface area contributed by atoms with Crippen LogP contribution in [0.5, 0.6) is 0 Å². The SMILES string of the molecule is CCNC(=NCC1(c2cccc(Cl)c2)CC1)NC1CCN(CCS(C)(=O)=O)CC1. The van der Waals surface area contributed by atoms with Gasteiger partial charge in [0.2, 0.25) is 0 Å². The molecule has 2 aliphatic rings. The summed E-state index contributed by atoms with van der Waals surface area (Å²) in [6, 6.07) is 8.52. The second-order valence-electron chi connectivity index (χ2n) is 8.38. The van der Waals surface area contributed by atoms with Crippen molar-refractivity contribution in [3.05, 3.63) is 34.9 Å². The molecule has 0 atom stereocenters. The highest BCUT2D eigenvalue weighted by Gasteiger charge is 2.44. The van der Waals surface area contributed by atoms with E-state index in [0.717, 1.165) is 62.8 Å².